The molecule has 134 valence electrons. The molecule has 0 saturated carbocycles. The zero-order chi connectivity index (χ0) is 17.8. The predicted molar refractivity (Wildman–Crippen MR) is 98.1 cm³/mol. The summed E-state index contributed by atoms with van der Waals surface area (Å²) >= 11 is 0. The summed E-state index contributed by atoms with van der Waals surface area (Å²) in [5, 5.41) is 3.51. The molecule has 0 spiro atoms. The summed E-state index contributed by atoms with van der Waals surface area (Å²) in [5.41, 5.74) is 3.24. The minimum atomic E-state index is -0.0875. The molecule has 1 heterocycles. The lowest BCUT2D eigenvalue weighted by molar-refractivity contribution is 0.0405. The van der Waals surface area contributed by atoms with E-state index in [-0.39, 0.29) is 12.0 Å². The second kappa shape index (κ2) is 7.66. The second-order valence-corrected chi connectivity index (χ2v) is 5.93. The highest BCUT2D eigenvalue weighted by Crippen LogP contribution is 2.47. The number of anilines is 1. The minimum Gasteiger partial charge on any atom is -0.497 e. The van der Waals surface area contributed by atoms with Crippen LogP contribution >= 0.6 is 0 Å². The maximum absolute atomic E-state index is 6.16. The van der Waals surface area contributed by atoms with E-state index in [1.54, 1.807) is 21.3 Å². The first-order valence-electron chi connectivity index (χ1n) is 8.47. The van der Waals surface area contributed by atoms with Crippen molar-refractivity contribution in [1.29, 1.82) is 0 Å². The van der Waals surface area contributed by atoms with Crippen LogP contribution in [0.5, 0.6) is 17.2 Å². The topological polar surface area (TPSA) is 49.0 Å². The van der Waals surface area contributed by atoms with Gasteiger partial charge in [-0.1, -0.05) is 12.1 Å². The molecule has 0 fully saturated rings. The number of rotatable bonds is 6. The van der Waals surface area contributed by atoms with E-state index >= 15 is 0 Å². The Bertz CT molecular complexity index is 697. The molecule has 0 amide bonds. The van der Waals surface area contributed by atoms with E-state index in [0.29, 0.717) is 6.61 Å². The normalized spacial score (nSPS) is 18.9. The van der Waals surface area contributed by atoms with Crippen LogP contribution in [0.2, 0.25) is 0 Å². The van der Waals surface area contributed by atoms with Crippen molar-refractivity contribution in [2.45, 2.75) is 18.9 Å². The molecule has 0 saturated heterocycles. The number of methoxy groups -OCH3 is 3. The Labute approximate surface area is 148 Å². The van der Waals surface area contributed by atoms with E-state index in [9.17, 15) is 0 Å². The highest BCUT2D eigenvalue weighted by Gasteiger charge is 2.34. The molecule has 1 aliphatic heterocycles. The van der Waals surface area contributed by atoms with Gasteiger partial charge in [0, 0.05) is 42.5 Å². The molecule has 1 aliphatic rings. The predicted octanol–water partition coefficient (Wildman–Crippen LogP) is 4.00. The Morgan fingerprint density at radius 3 is 2.28 bits per heavy atom. The third-order valence-electron chi connectivity index (χ3n) is 4.62. The first kappa shape index (κ1) is 17.4. The highest BCUT2D eigenvalue weighted by molar-refractivity contribution is 5.65. The maximum Gasteiger partial charge on any atom is 0.130 e. The third-order valence-corrected chi connectivity index (χ3v) is 4.62. The molecule has 2 atom stereocenters. The van der Waals surface area contributed by atoms with Crippen LogP contribution in [0.25, 0.3) is 0 Å². The zero-order valence-corrected chi connectivity index (χ0v) is 15.2. The molecule has 5 heteroatoms. The van der Waals surface area contributed by atoms with Crippen LogP contribution in [0.3, 0.4) is 0 Å². The zero-order valence-electron chi connectivity index (χ0n) is 15.2. The van der Waals surface area contributed by atoms with Gasteiger partial charge in [0.15, 0.2) is 0 Å². The molecular weight excluding hydrogens is 318 g/mol. The van der Waals surface area contributed by atoms with Gasteiger partial charge in [-0.05, 0) is 24.6 Å². The maximum atomic E-state index is 6.16. The fourth-order valence-corrected chi connectivity index (χ4v) is 3.38. The summed E-state index contributed by atoms with van der Waals surface area (Å²) in [6.45, 7) is 3.43. The summed E-state index contributed by atoms with van der Waals surface area (Å²) in [7, 11) is 5.01. The lowest BCUT2D eigenvalue weighted by Gasteiger charge is -2.35. The van der Waals surface area contributed by atoms with E-state index < -0.39 is 0 Å². The molecule has 25 heavy (non-hydrogen) atoms. The van der Waals surface area contributed by atoms with Gasteiger partial charge in [0.2, 0.25) is 0 Å². The van der Waals surface area contributed by atoms with Crippen LogP contribution in [0.1, 0.15) is 30.1 Å². The summed E-state index contributed by atoms with van der Waals surface area (Å²) in [6.07, 6.45) is -0.0875. The molecule has 2 aromatic carbocycles. The van der Waals surface area contributed by atoms with E-state index in [0.717, 1.165) is 35.0 Å². The van der Waals surface area contributed by atoms with Gasteiger partial charge in [-0.2, -0.15) is 0 Å². The molecule has 0 aromatic heterocycles. The molecule has 0 radical (unpaired) electrons. The highest BCUT2D eigenvalue weighted by atomic mass is 16.5. The summed E-state index contributed by atoms with van der Waals surface area (Å²) in [4.78, 5) is 0. The number of fused-ring (bicyclic) bond motifs is 1. The van der Waals surface area contributed by atoms with Gasteiger partial charge >= 0.3 is 0 Å². The van der Waals surface area contributed by atoms with E-state index in [1.165, 1.54) is 5.56 Å². The molecule has 3 rings (SSSR count). The average Bonchev–Trinajstić information content (AvgIpc) is 2.67. The Balaban J connectivity index is 2.03. The number of hydrogen-bond donors (Lipinski definition) is 1. The van der Waals surface area contributed by atoms with Crippen molar-refractivity contribution in [2.75, 3.05) is 39.8 Å². The Kier molecular flexibility index (Phi) is 5.34. The van der Waals surface area contributed by atoms with Gasteiger partial charge in [0.05, 0.1) is 27.4 Å². The second-order valence-electron chi connectivity index (χ2n) is 5.93. The molecule has 5 nitrogen and oxygen atoms in total. The van der Waals surface area contributed by atoms with Crippen molar-refractivity contribution in [2.24, 2.45) is 0 Å². The van der Waals surface area contributed by atoms with Crippen LogP contribution in [-0.4, -0.2) is 34.5 Å². The molecule has 0 aliphatic carbocycles. The van der Waals surface area contributed by atoms with Gasteiger partial charge < -0.3 is 24.3 Å². The SMILES string of the molecule is CCOC1c2c(cc(OC)cc2OC)NCC1c1ccc(OC)cc1. The number of ether oxygens (including phenoxy) is 4. The van der Waals surface area contributed by atoms with Crippen molar-refractivity contribution in [3.8, 4) is 17.2 Å². The van der Waals surface area contributed by atoms with Crippen molar-refractivity contribution < 1.29 is 18.9 Å². The Morgan fingerprint density at radius 2 is 1.68 bits per heavy atom. The molecule has 2 aromatic rings. The van der Waals surface area contributed by atoms with Crippen molar-refractivity contribution in [3.05, 3.63) is 47.5 Å². The van der Waals surface area contributed by atoms with Gasteiger partial charge in [0.1, 0.15) is 17.2 Å². The van der Waals surface area contributed by atoms with Gasteiger partial charge in [-0.25, -0.2) is 0 Å². The van der Waals surface area contributed by atoms with Crippen molar-refractivity contribution >= 4 is 5.69 Å². The smallest absolute Gasteiger partial charge is 0.130 e. The van der Waals surface area contributed by atoms with Gasteiger partial charge in [0.25, 0.3) is 0 Å². The van der Waals surface area contributed by atoms with Crippen LogP contribution in [0.4, 0.5) is 5.69 Å². The summed E-state index contributed by atoms with van der Waals surface area (Å²) in [6, 6.07) is 12.1. The first-order valence-corrected chi connectivity index (χ1v) is 8.47. The molecular formula is C20H25NO4. The standard InChI is InChI=1S/C20H25NO4/c1-5-25-20-16(13-6-8-14(22-2)9-7-13)12-21-17-10-15(23-3)11-18(24-4)19(17)20/h6-11,16,20-21H,5,12H2,1-4H3. The lowest BCUT2D eigenvalue weighted by Crippen LogP contribution is -2.28. The summed E-state index contributed by atoms with van der Waals surface area (Å²) < 4.78 is 22.4. The largest absolute Gasteiger partial charge is 0.497 e. The van der Waals surface area contributed by atoms with Crippen molar-refractivity contribution in [3.63, 3.8) is 0 Å². The van der Waals surface area contributed by atoms with Crippen LogP contribution < -0.4 is 19.5 Å². The van der Waals surface area contributed by atoms with Crippen LogP contribution in [0.15, 0.2) is 36.4 Å². The van der Waals surface area contributed by atoms with Gasteiger partial charge in [-0.15, -0.1) is 0 Å². The average molecular weight is 343 g/mol. The van der Waals surface area contributed by atoms with Crippen LogP contribution in [0, 0.1) is 0 Å². The fraction of sp³-hybridized carbons (Fsp3) is 0.400. The molecule has 1 N–H and O–H groups in total. The third kappa shape index (κ3) is 3.37. The van der Waals surface area contributed by atoms with E-state index in [4.69, 9.17) is 18.9 Å². The molecule has 2 unspecified atom stereocenters. The fourth-order valence-electron chi connectivity index (χ4n) is 3.38. The van der Waals surface area contributed by atoms with E-state index in [2.05, 4.69) is 17.4 Å². The lowest BCUT2D eigenvalue weighted by atomic mass is 9.84. The Morgan fingerprint density at radius 1 is 0.960 bits per heavy atom. The Hall–Kier alpha value is -2.40. The minimum absolute atomic E-state index is 0.0875. The number of benzene rings is 2. The summed E-state index contributed by atoms with van der Waals surface area (Å²) in [5.74, 6) is 2.57. The monoisotopic (exact) mass is 343 g/mol. The van der Waals surface area contributed by atoms with E-state index in [1.807, 2.05) is 31.2 Å². The number of hydrogen-bond acceptors (Lipinski definition) is 5. The number of nitrogens with one attached hydrogen (secondary N) is 1. The quantitative estimate of drug-likeness (QED) is 0.859. The molecule has 0 bridgehead atoms. The van der Waals surface area contributed by atoms with Crippen LogP contribution in [-0.2, 0) is 4.74 Å². The van der Waals surface area contributed by atoms with Crippen molar-refractivity contribution in [1.82, 2.24) is 0 Å². The van der Waals surface area contributed by atoms with Gasteiger partial charge in [-0.3, -0.25) is 0 Å². The first-order chi connectivity index (χ1) is 12.2.